The highest BCUT2D eigenvalue weighted by Crippen LogP contribution is 2.21. The molecule has 0 radical (unpaired) electrons. The maximum absolute atomic E-state index is 12.7. The fourth-order valence-electron chi connectivity index (χ4n) is 3.88. The molecule has 6 nitrogen and oxygen atoms in total. The number of carbonyl (C=O) groups excluding carboxylic acids is 1. The van der Waals surface area contributed by atoms with E-state index in [2.05, 4.69) is 15.5 Å². The average molecular weight is 446 g/mol. The Morgan fingerprint density at radius 3 is 2.24 bits per heavy atom. The van der Waals surface area contributed by atoms with Gasteiger partial charge in [0.2, 0.25) is 0 Å². The van der Waals surface area contributed by atoms with Crippen LogP contribution in [0.25, 0.3) is 0 Å². The van der Waals surface area contributed by atoms with Gasteiger partial charge in [-0.05, 0) is 28.8 Å². The van der Waals surface area contributed by atoms with Crippen LogP contribution < -0.4 is 15.4 Å². The van der Waals surface area contributed by atoms with Gasteiger partial charge < -0.3 is 20.1 Å². The van der Waals surface area contributed by atoms with Crippen molar-refractivity contribution in [2.24, 2.45) is 0 Å². The standard InChI is InChI=1S/C27H31N3O3/c31-27(29-26(23-9-3-1-4-10-23)24-11-5-2-6-12-24)28-21-22-8-7-13-25(20-22)33-19-16-30-14-17-32-18-15-30/h1-13,20,26H,14-19,21H2,(H2,28,29,31). The third-order valence-electron chi connectivity index (χ3n) is 5.67. The number of amides is 2. The van der Waals surface area contributed by atoms with Crippen molar-refractivity contribution in [2.75, 3.05) is 39.5 Å². The maximum atomic E-state index is 12.7. The quantitative estimate of drug-likeness (QED) is 0.523. The number of carbonyl (C=O) groups is 1. The fraction of sp³-hybridized carbons (Fsp3) is 0.296. The SMILES string of the molecule is O=C(NCc1cccc(OCCN2CCOCC2)c1)NC(c1ccccc1)c1ccccc1. The summed E-state index contributed by atoms with van der Waals surface area (Å²) >= 11 is 0. The van der Waals surface area contributed by atoms with Crippen LogP contribution in [-0.4, -0.2) is 50.4 Å². The van der Waals surface area contributed by atoms with Crippen LogP contribution in [-0.2, 0) is 11.3 Å². The summed E-state index contributed by atoms with van der Waals surface area (Å²) in [5, 5.41) is 6.08. The predicted molar refractivity (Wildman–Crippen MR) is 129 cm³/mol. The summed E-state index contributed by atoms with van der Waals surface area (Å²) in [7, 11) is 0. The number of morpholine rings is 1. The summed E-state index contributed by atoms with van der Waals surface area (Å²) in [6.07, 6.45) is 0. The van der Waals surface area contributed by atoms with Crippen LogP contribution in [0.15, 0.2) is 84.9 Å². The molecule has 0 atom stereocenters. The number of benzene rings is 3. The van der Waals surface area contributed by atoms with Gasteiger partial charge in [0, 0.05) is 26.2 Å². The van der Waals surface area contributed by atoms with E-state index in [1.54, 1.807) is 0 Å². The van der Waals surface area contributed by atoms with Gasteiger partial charge >= 0.3 is 6.03 Å². The zero-order valence-corrected chi connectivity index (χ0v) is 18.8. The molecule has 1 fully saturated rings. The molecule has 2 amide bonds. The van der Waals surface area contributed by atoms with E-state index in [4.69, 9.17) is 9.47 Å². The summed E-state index contributed by atoms with van der Waals surface area (Å²) in [6, 6.07) is 27.4. The van der Waals surface area contributed by atoms with E-state index in [0.717, 1.165) is 55.3 Å². The van der Waals surface area contributed by atoms with E-state index in [9.17, 15) is 4.79 Å². The van der Waals surface area contributed by atoms with E-state index >= 15 is 0 Å². The van der Waals surface area contributed by atoms with Crippen molar-refractivity contribution in [1.82, 2.24) is 15.5 Å². The highest BCUT2D eigenvalue weighted by Gasteiger charge is 2.16. The lowest BCUT2D eigenvalue weighted by Crippen LogP contribution is -2.38. The van der Waals surface area contributed by atoms with Gasteiger partial charge in [0.05, 0.1) is 19.3 Å². The molecule has 0 spiro atoms. The van der Waals surface area contributed by atoms with Crippen LogP contribution in [0.1, 0.15) is 22.7 Å². The monoisotopic (exact) mass is 445 g/mol. The Balaban J connectivity index is 1.30. The van der Waals surface area contributed by atoms with Crippen LogP contribution >= 0.6 is 0 Å². The molecular weight excluding hydrogens is 414 g/mol. The second-order valence-electron chi connectivity index (χ2n) is 8.03. The van der Waals surface area contributed by atoms with E-state index in [1.165, 1.54) is 0 Å². The summed E-state index contributed by atoms with van der Waals surface area (Å²) in [6.45, 7) is 5.42. The number of urea groups is 1. The van der Waals surface area contributed by atoms with Crippen LogP contribution in [0.3, 0.4) is 0 Å². The highest BCUT2D eigenvalue weighted by molar-refractivity contribution is 5.75. The molecule has 0 bridgehead atoms. The van der Waals surface area contributed by atoms with Crippen molar-refractivity contribution in [2.45, 2.75) is 12.6 Å². The van der Waals surface area contributed by atoms with Gasteiger partial charge in [-0.2, -0.15) is 0 Å². The zero-order valence-electron chi connectivity index (χ0n) is 18.8. The number of rotatable bonds is 9. The lowest BCUT2D eigenvalue weighted by atomic mass is 9.99. The van der Waals surface area contributed by atoms with E-state index in [0.29, 0.717) is 13.2 Å². The zero-order chi connectivity index (χ0) is 22.7. The van der Waals surface area contributed by atoms with E-state index in [1.807, 2.05) is 84.9 Å². The molecule has 33 heavy (non-hydrogen) atoms. The molecule has 4 rings (SSSR count). The van der Waals surface area contributed by atoms with Crippen molar-refractivity contribution < 1.29 is 14.3 Å². The Morgan fingerprint density at radius 2 is 1.58 bits per heavy atom. The molecule has 0 saturated carbocycles. The van der Waals surface area contributed by atoms with Crippen LogP contribution in [0.2, 0.25) is 0 Å². The molecule has 3 aromatic carbocycles. The van der Waals surface area contributed by atoms with Crippen molar-refractivity contribution in [3.63, 3.8) is 0 Å². The summed E-state index contributed by atoms with van der Waals surface area (Å²) < 4.78 is 11.3. The van der Waals surface area contributed by atoms with Gasteiger partial charge in [0.15, 0.2) is 0 Å². The first-order valence-electron chi connectivity index (χ1n) is 11.4. The number of ether oxygens (including phenoxy) is 2. The van der Waals surface area contributed by atoms with Crippen molar-refractivity contribution >= 4 is 6.03 Å². The minimum atomic E-state index is -0.220. The Morgan fingerprint density at radius 1 is 0.909 bits per heavy atom. The third-order valence-corrected chi connectivity index (χ3v) is 5.67. The minimum Gasteiger partial charge on any atom is -0.492 e. The van der Waals surface area contributed by atoms with Crippen LogP contribution in [0.4, 0.5) is 4.79 Å². The van der Waals surface area contributed by atoms with Crippen molar-refractivity contribution in [1.29, 1.82) is 0 Å². The lowest BCUT2D eigenvalue weighted by Gasteiger charge is -2.26. The second kappa shape index (κ2) is 12.0. The molecule has 0 aliphatic carbocycles. The Kier molecular flexibility index (Phi) is 8.33. The first kappa shape index (κ1) is 22.8. The Labute approximate surface area is 195 Å². The molecule has 1 heterocycles. The summed E-state index contributed by atoms with van der Waals surface area (Å²) in [5.74, 6) is 0.814. The largest absolute Gasteiger partial charge is 0.492 e. The predicted octanol–water partition coefficient (Wildman–Crippen LogP) is 3.99. The molecule has 1 aliphatic rings. The first-order chi connectivity index (χ1) is 16.3. The number of hydrogen-bond acceptors (Lipinski definition) is 4. The van der Waals surface area contributed by atoms with Crippen LogP contribution in [0, 0.1) is 0 Å². The van der Waals surface area contributed by atoms with Crippen molar-refractivity contribution in [3.05, 3.63) is 102 Å². The number of nitrogens with one attached hydrogen (secondary N) is 2. The normalized spacial score (nSPS) is 14.1. The smallest absolute Gasteiger partial charge is 0.315 e. The molecule has 0 unspecified atom stereocenters. The molecule has 6 heteroatoms. The number of nitrogens with zero attached hydrogens (tertiary/aromatic N) is 1. The molecule has 2 N–H and O–H groups in total. The van der Waals surface area contributed by atoms with Crippen LogP contribution in [0.5, 0.6) is 5.75 Å². The third kappa shape index (κ3) is 7.07. The molecule has 3 aromatic rings. The van der Waals surface area contributed by atoms with Gasteiger partial charge in [0.1, 0.15) is 12.4 Å². The average Bonchev–Trinajstić information content (AvgIpc) is 2.88. The molecule has 1 aliphatic heterocycles. The van der Waals surface area contributed by atoms with E-state index in [-0.39, 0.29) is 12.1 Å². The second-order valence-corrected chi connectivity index (χ2v) is 8.03. The van der Waals surface area contributed by atoms with Gasteiger partial charge in [-0.3, -0.25) is 4.90 Å². The first-order valence-corrected chi connectivity index (χ1v) is 11.4. The highest BCUT2D eigenvalue weighted by atomic mass is 16.5. The summed E-state index contributed by atoms with van der Waals surface area (Å²) in [4.78, 5) is 15.1. The van der Waals surface area contributed by atoms with Gasteiger partial charge in [-0.1, -0.05) is 72.8 Å². The Hall–Kier alpha value is -3.35. The van der Waals surface area contributed by atoms with Crippen molar-refractivity contribution in [3.8, 4) is 5.75 Å². The van der Waals surface area contributed by atoms with Gasteiger partial charge in [-0.15, -0.1) is 0 Å². The molecular formula is C27H31N3O3. The van der Waals surface area contributed by atoms with Gasteiger partial charge in [0.25, 0.3) is 0 Å². The van der Waals surface area contributed by atoms with Gasteiger partial charge in [-0.25, -0.2) is 4.79 Å². The lowest BCUT2D eigenvalue weighted by molar-refractivity contribution is 0.0322. The topological polar surface area (TPSA) is 62.8 Å². The van der Waals surface area contributed by atoms with E-state index < -0.39 is 0 Å². The molecule has 0 aromatic heterocycles. The summed E-state index contributed by atoms with van der Waals surface area (Å²) in [5.41, 5.74) is 3.06. The Bertz CT molecular complexity index is 952. The molecule has 172 valence electrons. The minimum absolute atomic E-state index is 0.216. The fourth-order valence-corrected chi connectivity index (χ4v) is 3.88. The number of hydrogen-bond donors (Lipinski definition) is 2. The maximum Gasteiger partial charge on any atom is 0.315 e. The molecule has 1 saturated heterocycles.